The van der Waals surface area contributed by atoms with Crippen molar-refractivity contribution in [3.8, 4) is 11.1 Å². The topological polar surface area (TPSA) is 4.93 Å². The molecule has 27 heavy (non-hydrogen) atoms. The Kier molecular flexibility index (Phi) is 4.98. The summed E-state index contributed by atoms with van der Waals surface area (Å²) < 4.78 is 40.4. The summed E-state index contributed by atoms with van der Waals surface area (Å²) in [4.78, 5) is 0. The number of aromatic nitrogens is 1. The number of hydrogen-bond donors (Lipinski definition) is 0. The summed E-state index contributed by atoms with van der Waals surface area (Å²) in [5.41, 5.74) is 2.22. The highest BCUT2D eigenvalue weighted by Crippen LogP contribution is 2.32. The number of benzene rings is 2. The van der Waals surface area contributed by atoms with E-state index < -0.39 is 11.7 Å². The average molecular weight is 370 g/mol. The first kappa shape index (κ1) is 18.1. The fraction of sp³-hybridized carbons (Fsp3) is 0.391. The summed E-state index contributed by atoms with van der Waals surface area (Å²) in [5, 5.41) is 1.01. The second-order valence-electron chi connectivity index (χ2n) is 7.57. The van der Waals surface area contributed by atoms with Gasteiger partial charge in [0.15, 0.2) is 0 Å². The molecule has 1 radical (unpaired) electrons. The summed E-state index contributed by atoms with van der Waals surface area (Å²) in [7, 11) is 0. The predicted molar refractivity (Wildman–Crippen MR) is 102 cm³/mol. The van der Waals surface area contributed by atoms with Gasteiger partial charge in [0.1, 0.15) is 0 Å². The minimum absolute atomic E-state index is 0.618. The molecule has 0 amide bonds. The first-order valence-electron chi connectivity index (χ1n) is 9.69. The Morgan fingerprint density at radius 3 is 2.37 bits per heavy atom. The van der Waals surface area contributed by atoms with Crippen LogP contribution in [0, 0.1) is 12.0 Å². The molecule has 0 atom stereocenters. The number of hydrogen-bond acceptors (Lipinski definition) is 0. The van der Waals surface area contributed by atoms with Gasteiger partial charge in [-0.05, 0) is 54.2 Å². The lowest BCUT2D eigenvalue weighted by atomic mass is 10.0. The molecule has 0 saturated heterocycles. The molecule has 1 fully saturated rings. The van der Waals surface area contributed by atoms with Gasteiger partial charge in [-0.3, -0.25) is 0 Å². The summed E-state index contributed by atoms with van der Waals surface area (Å²) in [6, 6.07) is 14.7. The smallest absolute Gasteiger partial charge is 0.347 e. The quantitative estimate of drug-likeness (QED) is 0.451. The first-order chi connectivity index (χ1) is 13.0. The molecule has 1 saturated carbocycles. The third-order valence-electron chi connectivity index (χ3n) is 5.71. The van der Waals surface area contributed by atoms with Crippen molar-refractivity contribution in [3.63, 3.8) is 0 Å². The molecule has 0 aliphatic heterocycles. The van der Waals surface area contributed by atoms with Gasteiger partial charge in [0.25, 0.3) is 0 Å². The highest BCUT2D eigenvalue weighted by Gasteiger charge is 2.29. The number of halogens is 3. The maximum atomic E-state index is 12.7. The second-order valence-corrected chi connectivity index (χ2v) is 7.57. The van der Waals surface area contributed by atoms with Crippen molar-refractivity contribution in [1.82, 2.24) is 4.57 Å². The van der Waals surface area contributed by atoms with Gasteiger partial charge < -0.3 is 4.57 Å². The predicted octanol–water partition coefficient (Wildman–Crippen LogP) is 7.10. The molecular formula is C23H23F3N. The summed E-state index contributed by atoms with van der Waals surface area (Å²) in [6.45, 7) is 0.996. The number of rotatable bonds is 5. The molecule has 1 aliphatic carbocycles. The van der Waals surface area contributed by atoms with E-state index in [0.717, 1.165) is 46.6 Å². The molecule has 3 aromatic rings. The standard InChI is InChI=1S/C23H23F3N/c24-23(25,26)21-10-7-18(8-11-21)19-9-12-22-20(16-19)13-15-27(22)14-3-6-17-4-1-2-5-17/h7-12,15-17H,1-6,14H2. The third kappa shape index (κ3) is 4.05. The maximum Gasteiger partial charge on any atom is 0.416 e. The van der Waals surface area contributed by atoms with Crippen LogP contribution in [0.2, 0.25) is 0 Å². The molecule has 1 heterocycles. The van der Waals surface area contributed by atoms with E-state index in [9.17, 15) is 13.2 Å². The van der Waals surface area contributed by atoms with Crippen LogP contribution in [0.4, 0.5) is 13.2 Å². The summed E-state index contributed by atoms with van der Waals surface area (Å²) in [6.07, 6.45) is 5.72. The van der Waals surface area contributed by atoms with Crippen LogP contribution in [-0.4, -0.2) is 4.57 Å². The molecule has 1 aromatic heterocycles. The van der Waals surface area contributed by atoms with Gasteiger partial charge in [-0.2, -0.15) is 13.2 Å². The van der Waals surface area contributed by atoms with E-state index in [-0.39, 0.29) is 0 Å². The first-order valence-corrected chi connectivity index (χ1v) is 9.69. The molecule has 4 heteroatoms. The van der Waals surface area contributed by atoms with Crippen molar-refractivity contribution < 1.29 is 13.2 Å². The number of alkyl halides is 3. The zero-order valence-electron chi connectivity index (χ0n) is 15.2. The van der Waals surface area contributed by atoms with Gasteiger partial charge in [0, 0.05) is 29.7 Å². The van der Waals surface area contributed by atoms with E-state index in [4.69, 9.17) is 0 Å². The lowest BCUT2D eigenvalue weighted by molar-refractivity contribution is -0.137. The molecule has 4 rings (SSSR count). The Morgan fingerprint density at radius 2 is 1.67 bits per heavy atom. The molecule has 0 unspecified atom stereocenters. The van der Waals surface area contributed by atoms with Gasteiger partial charge >= 0.3 is 6.18 Å². The van der Waals surface area contributed by atoms with E-state index in [1.54, 1.807) is 0 Å². The van der Waals surface area contributed by atoms with Crippen molar-refractivity contribution >= 4 is 10.9 Å². The fourth-order valence-electron chi connectivity index (χ4n) is 4.18. The fourth-order valence-corrected chi connectivity index (χ4v) is 4.18. The zero-order chi connectivity index (χ0) is 18.9. The normalized spacial score (nSPS) is 15.7. The Hall–Kier alpha value is -2.23. The van der Waals surface area contributed by atoms with Crippen LogP contribution in [-0.2, 0) is 12.7 Å². The lowest BCUT2D eigenvalue weighted by Gasteiger charge is -2.10. The molecule has 0 bridgehead atoms. The Balaban J connectivity index is 1.48. The highest BCUT2D eigenvalue weighted by molar-refractivity contribution is 5.85. The Bertz CT molecular complexity index is 900. The van der Waals surface area contributed by atoms with Gasteiger partial charge in [0.2, 0.25) is 0 Å². The Morgan fingerprint density at radius 1 is 0.963 bits per heavy atom. The Labute approximate surface area is 157 Å². The van der Waals surface area contributed by atoms with Crippen molar-refractivity contribution in [3.05, 3.63) is 60.3 Å². The summed E-state index contributed by atoms with van der Waals surface area (Å²) in [5.74, 6) is 0.905. The van der Waals surface area contributed by atoms with Crippen LogP contribution in [0.3, 0.4) is 0 Å². The van der Waals surface area contributed by atoms with E-state index in [1.807, 2.05) is 18.3 Å². The lowest BCUT2D eigenvalue weighted by Crippen LogP contribution is -2.03. The van der Waals surface area contributed by atoms with Gasteiger partial charge in [-0.25, -0.2) is 0 Å². The van der Waals surface area contributed by atoms with Crippen LogP contribution in [0.5, 0.6) is 0 Å². The van der Waals surface area contributed by atoms with Gasteiger partial charge in [-0.1, -0.05) is 43.9 Å². The monoisotopic (exact) mass is 370 g/mol. The second kappa shape index (κ2) is 7.41. The maximum absolute atomic E-state index is 12.7. The molecule has 1 nitrogen and oxygen atoms in total. The molecule has 0 spiro atoms. The van der Waals surface area contributed by atoms with E-state index in [1.165, 1.54) is 50.7 Å². The van der Waals surface area contributed by atoms with Crippen molar-refractivity contribution in [2.45, 2.75) is 51.2 Å². The SMILES string of the molecule is FC(F)(F)c1ccc(-c2ccc3c([c]cn3CCCC3CCCC3)c2)cc1. The van der Waals surface area contributed by atoms with Crippen LogP contribution in [0.1, 0.15) is 44.1 Å². The third-order valence-corrected chi connectivity index (χ3v) is 5.71. The molecule has 1 aliphatic rings. The number of aryl methyl sites for hydroxylation is 1. The minimum Gasteiger partial charge on any atom is -0.347 e. The molecule has 2 aromatic carbocycles. The van der Waals surface area contributed by atoms with Gasteiger partial charge in [-0.15, -0.1) is 0 Å². The number of fused-ring (bicyclic) bond motifs is 1. The zero-order valence-corrected chi connectivity index (χ0v) is 15.2. The van der Waals surface area contributed by atoms with Crippen molar-refractivity contribution in [2.75, 3.05) is 0 Å². The van der Waals surface area contributed by atoms with Crippen LogP contribution in [0.25, 0.3) is 22.0 Å². The highest BCUT2D eigenvalue weighted by atomic mass is 19.4. The summed E-state index contributed by atoms with van der Waals surface area (Å²) >= 11 is 0. The van der Waals surface area contributed by atoms with E-state index in [2.05, 4.69) is 16.7 Å². The number of nitrogens with zero attached hydrogens (tertiary/aromatic N) is 1. The van der Waals surface area contributed by atoms with Crippen LogP contribution in [0.15, 0.2) is 48.7 Å². The average Bonchev–Trinajstić information content (AvgIpc) is 3.31. The largest absolute Gasteiger partial charge is 0.416 e. The van der Waals surface area contributed by atoms with Crippen LogP contribution < -0.4 is 0 Å². The van der Waals surface area contributed by atoms with E-state index in [0.29, 0.717) is 0 Å². The van der Waals surface area contributed by atoms with E-state index >= 15 is 0 Å². The molecular weight excluding hydrogens is 347 g/mol. The van der Waals surface area contributed by atoms with Crippen molar-refractivity contribution in [2.24, 2.45) is 5.92 Å². The molecule has 141 valence electrons. The minimum atomic E-state index is -4.30. The van der Waals surface area contributed by atoms with Gasteiger partial charge in [0.05, 0.1) is 5.56 Å². The van der Waals surface area contributed by atoms with Crippen molar-refractivity contribution in [1.29, 1.82) is 0 Å². The molecule has 0 N–H and O–H groups in total. The van der Waals surface area contributed by atoms with Crippen LogP contribution >= 0.6 is 0 Å².